The summed E-state index contributed by atoms with van der Waals surface area (Å²) < 4.78 is 5.44. The highest BCUT2D eigenvalue weighted by molar-refractivity contribution is 5.85. The number of esters is 1. The molecule has 4 heteroatoms. The van der Waals surface area contributed by atoms with Crippen LogP contribution in [0, 0.1) is 0 Å². The zero-order valence-corrected chi connectivity index (χ0v) is 13.3. The van der Waals surface area contributed by atoms with Gasteiger partial charge in [0.2, 0.25) is 0 Å². The van der Waals surface area contributed by atoms with Crippen molar-refractivity contribution in [3.8, 4) is 0 Å². The van der Waals surface area contributed by atoms with Gasteiger partial charge in [-0.15, -0.1) is 0 Å². The minimum absolute atomic E-state index is 0.396. The van der Waals surface area contributed by atoms with Crippen LogP contribution < -0.4 is 0 Å². The van der Waals surface area contributed by atoms with E-state index >= 15 is 0 Å². The minimum Gasteiger partial charge on any atom is -0.478 e. The number of benzene rings is 2. The Bertz CT molecular complexity index is 758. The van der Waals surface area contributed by atoms with Gasteiger partial charge in [0, 0.05) is 13.0 Å². The smallest absolute Gasteiger partial charge is 0.328 e. The third kappa shape index (κ3) is 4.68. The maximum Gasteiger partial charge on any atom is 0.328 e. The molecule has 2 rings (SSSR count). The molecule has 4 nitrogen and oxygen atoms in total. The number of carboxylic acid groups (broad SMARTS) is 1. The first-order chi connectivity index (χ1) is 11.5. The van der Waals surface area contributed by atoms with Gasteiger partial charge in [-0.2, -0.15) is 0 Å². The highest BCUT2D eigenvalue weighted by Crippen LogP contribution is 2.32. The SMILES string of the molecule is C=C(c1ccccc1)C(OC(C)=O)c1ccc(/C=C/C(=O)O)cc1. The van der Waals surface area contributed by atoms with E-state index in [1.165, 1.54) is 13.0 Å². The quantitative estimate of drug-likeness (QED) is 0.642. The number of carboxylic acids is 1. The Kier molecular flexibility index (Phi) is 5.68. The Morgan fingerprint density at radius 2 is 1.71 bits per heavy atom. The van der Waals surface area contributed by atoms with Crippen molar-refractivity contribution in [2.45, 2.75) is 13.0 Å². The number of hydrogen-bond acceptors (Lipinski definition) is 3. The normalized spacial score (nSPS) is 11.9. The van der Waals surface area contributed by atoms with E-state index in [1.54, 1.807) is 24.3 Å². The molecule has 24 heavy (non-hydrogen) atoms. The zero-order chi connectivity index (χ0) is 17.5. The van der Waals surface area contributed by atoms with Crippen LogP contribution in [-0.4, -0.2) is 17.0 Å². The van der Waals surface area contributed by atoms with Crippen molar-refractivity contribution in [3.05, 3.63) is 83.9 Å². The van der Waals surface area contributed by atoms with E-state index in [1.807, 2.05) is 30.3 Å². The second-order valence-corrected chi connectivity index (χ2v) is 5.22. The van der Waals surface area contributed by atoms with Gasteiger partial charge in [-0.1, -0.05) is 61.2 Å². The molecule has 0 amide bonds. The fraction of sp³-hybridized carbons (Fsp3) is 0.100. The predicted molar refractivity (Wildman–Crippen MR) is 93.1 cm³/mol. The summed E-state index contributed by atoms with van der Waals surface area (Å²) in [5.41, 5.74) is 3.08. The lowest BCUT2D eigenvalue weighted by Crippen LogP contribution is -2.10. The highest BCUT2D eigenvalue weighted by atomic mass is 16.5. The van der Waals surface area contributed by atoms with Crippen LogP contribution in [0.15, 0.2) is 67.3 Å². The number of rotatable bonds is 6. The number of ether oxygens (including phenoxy) is 1. The molecule has 1 unspecified atom stereocenters. The van der Waals surface area contributed by atoms with Crippen LogP contribution in [0.25, 0.3) is 11.6 Å². The van der Waals surface area contributed by atoms with Crippen molar-refractivity contribution in [1.29, 1.82) is 0 Å². The molecule has 2 aromatic carbocycles. The van der Waals surface area contributed by atoms with Crippen molar-refractivity contribution >= 4 is 23.6 Å². The maximum absolute atomic E-state index is 11.5. The Labute approximate surface area is 140 Å². The molecule has 0 fully saturated rings. The molecule has 0 bridgehead atoms. The zero-order valence-electron chi connectivity index (χ0n) is 13.3. The van der Waals surface area contributed by atoms with Crippen molar-refractivity contribution in [3.63, 3.8) is 0 Å². The molecule has 1 N–H and O–H groups in total. The van der Waals surface area contributed by atoms with Gasteiger partial charge in [0.15, 0.2) is 6.10 Å². The fourth-order valence-electron chi connectivity index (χ4n) is 2.26. The molecule has 2 aromatic rings. The summed E-state index contributed by atoms with van der Waals surface area (Å²) in [6, 6.07) is 16.6. The lowest BCUT2D eigenvalue weighted by Gasteiger charge is -2.20. The van der Waals surface area contributed by atoms with Crippen molar-refractivity contribution in [2.75, 3.05) is 0 Å². The van der Waals surface area contributed by atoms with E-state index in [9.17, 15) is 9.59 Å². The lowest BCUT2D eigenvalue weighted by atomic mass is 9.95. The molecule has 0 spiro atoms. The van der Waals surface area contributed by atoms with Crippen molar-refractivity contribution in [1.82, 2.24) is 0 Å². The number of carbonyl (C=O) groups excluding carboxylic acids is 1. The Balaban J connectivity index is 2.29. The Morgan fingerprint density at radius 1 is 1.08 bits per heavy atom. The van der Waals surface area contributed by atoms with Crippen LogP contribution in [0.1, 0.15) is 29.7 Å². The van der Waals surface area contributed by atoms with Gasteiger partial charge in [-0.05, 0) is 28.3 Å². The molecular weight excluding hydrogens is 304 g/mol. The molecule has 122 valence electrons. The summed E-state index contributed by atoms with van der Waals surface area (Å²) in [6.07, 6.45) is 1.97. The van der Waals surface area contributed by atoms with Crippen LogP contribution in [0.5, 0.6) is 0 Å². The van der Waals surface area contributed by atoms with E-state index in [-0.39, 0.29) is 0 Å². The Morgan fingerprint density at radius 3 is 2.25 bits per heavy atom. The molecule has 0 aromatic heterocycles. The van der Waals surface area contributed by atoms with Gasteiger partial charge in [0.25, 0.3) is 0 Å². The first-order valence-corrected chi connectivity index (χ1v) is 7.40. The van der Waals surface area contributed by atoms with Crippen LogP contribution >= 0.6 is 0 Å². The number of aliphatic carboxylic acids is 1. The van der Waals surface area contributed by atoms with Crippen molar-refractivity contribution < 1.29 is 19.4 Å². The summed E-state index contributed by atoms with van der Waals surface area (Å²) in [6.45, 7) is 5.42. The second kappa shape index (κ2) is 7.92. The molecule has 0 saturated heterocycles. The third-order valence-electron chi connectivity index (χ3n) is 3.40. The first kappa shape index (κ1) is 17.2. The second-order valence-electron chi connectivity index (χ2n) is 5.22. The van der Waals surface area contributed by atoms with E-state index in [0.717, 1.165) is 22.8 Å². The van der Waals surface area contributed by atoms with Gasteiger partial charge in [-0.25, -0.2) is 4.79 Å². The van der Waals surface area contributed by atoms with E-state index in [2.05, 4.69) is 6.58 Å². The monoisotopic (exact) mass is 322 g/mol. The average Bonchev–Trinajstić information content (AvgIpc) is 2.58. The summed E-state index contributed by atoms with van der Waals surface area (Å²) in [4.78, 5) is 22.0. The molecule has 0 aliphatic rings. The summed E-state index contributed by atoms with van der Waals surface area (Å²) in [7, 11) is 0. The van der Waals surface area contributed by atoms with Crippen molar-refractivity contribution in [2.24, 2.45) is 0 Å². The molecule has 0 heterocycles. The average molecular weight is 322 g/mol. The lowest BCUT2D eigenvalue weighted by molar-refractivity contribution is -0.144. The van der Waals surface area contributed by atoms with Crippen LogP contribution in [0.4, 0.5) is 0 Å². The topological polar surface area (TPSA) is 63.6 Å². The number of carbonyl (C=O) groups is 2. The van der Waals surface area contributed by atoms with Gasteiger partial charge < -0.3 is 9.84 Å². The standard InChI is InChI=1S/C20H18O4/c1-14(17-6-4-3-5-7-17)20(24-15(2)21)18-11-8-16(9-12-18)10-13-19(22)23/h3-13,20H,1H2,2H3,(H,22,23)/b13-10+. The van der Waals surface area contributed by atoms with Gasteiger partial charge in [0.05, 0.1) is 0 Å². The van der Waals surface area contributed by atoms with E-state index in [0.29, 0.717) is 5.57 Å². The Hall–Kier alpha value is -3.14. The largest absolute Gasteiger partial charge is 0.478 e. The molecule has 1 atom stereocenters. The predicted octanol–water partition coefficient (Wildman–Crippen LogP) is 4.10. The van der Waals surface area contributed by atoms with Crippen LogP contribution in [0.3, 0.4) is 0 Å². The third-order valence-corrected chi connectivity index (χ3v) is 3.40. The molecule has 0 radical (unpaired) electrons. The number of hydrogen-bond donors (Lipinski definition) is 1. The fourth-order valence-corrected chi connectivity index (χ4v) is 2.26. The van der Waals surface area contributed by atoms with Gasteiger partial charge in [-0.3, -0.25) is 4.79 Å². The van der Waals surface area contributed by atoms with Crippen LogP contribution in [-0.2, 0) is 14.3 Å². The van der Waals surface area contributed by atoms with E-state index in [4.69, 9.17) is 9.84 Å². The minimum atomic E-state index is -1.01. The van der Waals surface area contributed by atoms with E-state index < -0.39 is 18.0 Å². The summed E-state index contributed by atoms with van der Waals surface area (Å²) in [5, 5.41) is 8.66. The summed E-state index contributed by atoms with van der Waals surface area (Å²) in [5.74, 6) is -1.40. The van der Waals surface area contributed by atoms with Crippen LogP contribution in [0.2, 0.25) is 0 Å². The molecule has 0 saturated carbocycles. The van der Waals surface area contributed by atoms with Gasteiger partial charge in [0.1, 0.15) is 0 Å². The first-order valence-electron chi connectivity index (χ1n) is 7.40. The highest BCUT2D eigenvalue weighted by Gasteiger charge is 2.19. The molecule has 0 aliphatic carbocycles. The maximum atomic E-state index is 11.5. The summed E-state index contributed by atoms with van der Waals surface area (Å²) >= 11 is 0. The van der Waals surface area contributed by atoms with Gasteiger partial charge >= 0.3 is 11.9 Å². The molecule has 0 aliphatic heterocycles. The molecular formula is C20H18O4.